The van der Waals surface area contributed by atoms with Gasteiger partial charge in [0.1, 0.15) is 5.75 Å². The summed E-state index contributed by atoms with van der Waals surface area (Å²) in [5.41, 5.74) is 0.994. The highest BCUT2D eigenvalue weighted by molar-refractivity contribution is 5.78. The van der Waals surface area contributed by atoms with Crippen LogP contribution < -0.4 is 15.4 Å². The van der Waals surface area contributed by atoms with Crippen molar-refractivity contribution in [2.75, 3.05) is 33.8 Å². The van der Waals surface area contributed by atoms with E-state index in [2.05, 4.69) is 15.5 Å². The summed E-state index contributed by atoms with van der Waals surface area (Å²) in [6.45, 7) is 2.94. The Labute approximate surface area is 126 Å². The number of likely N-dealkylation sites (N-methyl/N-ethyl adjacent to an activating group) is 1. The largest absolute Gasteiger partial charge is 0.496 e. The summed E-state index contributed by atoms with van der Waals surface area (Å²) < 4.78 is 5.28. The van der Waals surface area contributed by atoms with Crippen molar-refractivity contribution < 1.29 is 9.53 Å². The molecule has 1 unspecified atom stereocenters. The van der Waals surface area contributed by atoms with Crippen molar-refractivity contribution >= 4 is 5.91 Å². The topological polar surface area (TPSA) is 53.6 Å². The molecule has 0 spiro atoms. The molecule has 1 amide bonds. The quantitative estimate of drug-likeness (QED) is 0.787. The maximum absolute atomic E-state index is 12.0. The molecule has 21 heavy (non-hydrogen) atoms. The number of para-hydroxylation sites is 1. The number of nitrogens with one attached hydrogen (secondary N) is 2. The van der Waals surface area contributed by atoms with Gasteiger partial charge in [0.25, 0.3) is 0 Å². The van der Waals surface area contributed by atoms with E-state index in [0.717, 1.165) is 24.4 Å². The molecular weight excluding hydrogens is 266 g/mol. The molecule has 0 aliphatic carbocycles. The number of amides is 1. The number of ether oxygens (including phenoxy) is 1. The zero-order chi connectivity index (χ0) is 15.1. The first-order chi connectivity index (χ1) is 10.2. The molecule has 1 fully saturated rings. The maximum Gasteiger partial charge on any atom is 0.234 e. The second-order valence-corrected chi connectivity index (χ2v) is 5.58. The van der Waals surface area contributed by atoms with E-state index in [1.807, 2.05) is 31.3 Å². The Morgan fingerprint density at radius 1 is 1.48 bits per heavy atom. The van der Waals surface area contributed by atoms with Gasteiger partial charge in [-0.2, -0.15) is 0 Å². The number of rotatable bonds is 7. The highest BCUT2D eigenvalue weighted by atomic mass is 16.5. The van der Waals surface area contributed by atoms with Gasteiger partial charge in [0.05, 0.1) is 13.7 Å². The van der Waals surface area contributed by atoms with Crippen LogP contribution in [0.1, 0.15) is 18.4 Å². The number of benzene rings is 1. The minimum absolute atomic E-state index is 0.0430. The second kappa shape index (κ2) is 8.00. The van der Waals surface area contributed by atoms with Gasteiger partial charge in [0, 0.05) is 24.7 Å². The summed E-state index contributed by atoms with van der Waals surface area (Å²) in [6, 6.07) is 8.26. The average molecular weight is 291 g/mol. The van der Waals surface area contributed by atoms with Gasteiger partial charge in [-0.1, -0.05) is 18.2 Å². The van der Waals surface area contributed by atoms with Crippen molar-refractivity contribution in [1.29, 1.82) is 0 Å². The molecule has 1 atom stereocenters. The van der Waals surface area contributed by atoms with Crippen LogP contribution in [-0.4, -0.2) is 50.6 Å². The first kappa shape index (κ1) is 15.8. The number of hydrogen-bond donors (Lipinski definition) is 2. The molecule has 5 heteroatoms. The van der Waals surface area contributed by atoms with Crippen molar-refractivity contribution in [1.82, 2.24) is 15.5 Å². The molecule has 1 saturated heterocycles. The third kappa shape index (κ3) is 5.02. The van der Waals surface area contributed by atoms with Crippen LogP contribution in [-0.2, 0) is 11.3 Å². The number of carbonyl (C=O) groups is 1. The van der Waals surface area contributed by atoms with Crippen molar-refractivity contribution in [3.05, 3.63) is 29.8 Å². The van der Waals surface area contributed by atoms with Gasteiger partial charge in [0.2, 0.25) is 5.91 Å². The number of methoxy groups -OCH3 is 1. The van der Waals surface area contributed by atoms with Crippen LogP contribution in [0.5, 0.6) is 5.75 Å². The van der Waals surface area contributed by atoms with Crippen LogP contribution in [0.2, 0.25) is 0 Å². The molecule has 2 N–H and O–H groups in total. The zero-order valence-corrected chi connectivity index (χ0v) is 12.9. The van der Waals surface area contributed by atoms with E-state index >= 15 is 0 Å². The minimum Gasteiger partial charge on any atom is -0.496 e. The number of carbonyl (C=O) groups excluding carboxylic acids is 1. The normalized spacial score (nSPS) is 18.0. The maximum atomic E-state index is 12.0. The van der Waals surface area contributed by atoms with E-state index < -0.39 is 0 Å². The van der Waals surface area contributed by atoms with Gasteiger partial charge in [0.15, 0.2) is 0 Å². The fourth-order valence-electron chi connectivity index (χ4n) is 2.70. The van der Waals surface area contributed by atoms with Gasteiger partial charge >= 0.3 is 0 Å². The predicted molar refractivity (Wildman–Crippen MR) is 83.4 cm³/mol. The monoisotopic (exact) mass is 291 g/mol. The van der Waals surface area contributed by atoms with Crippen LogP contribution >= 0.6 is 0 Å². The van der Waals surface area contributed by atoms with Crippen LogP contribution in [0, 0.1) is 0 Å². The SMILES string of the molecule is COc1ccccc1CNC(=O)CN(C)CC1CCCN1. The molecule has 1 aromatic carbocycles. The van der Waals surface area contributed by atoms with Gasteiger partial charge in [-0.3, -0.25) is 9.69 Å². The van der Waals surface area contributed by atoms with Crippen molar-refractivity contribution in [2.45, 2.75) is 25.4 Å². The lowest BCUT2D eigenvalue weighted by Gasteiger charge is -2.20. The van der Waals surface area contributed by atoms with Crippen molar-refractivity contribution in [3.63, 3.8) is 0 Å². The highest BCUT2D eigenvalue weighted by Crippen LogP contribution is 2.16. The minimum atomic E-state index is 0.0430. The summed E-state index contributed by atoms with van der Waals surface area (Å²) in [5, 5.41) is 6.39. The Morgan fingerprint density at radius 3 is 3.00 bits per heavy atom. The van der Waals surface area contributed by atoms with E-state index in [0.29, 0.717) is 19.1 Å². The Balaban J connectivity index is 1.73. The van der Waals surface area contributed by atoms with Crippen LogP contribution in [0.25, 0.3) is 0 Å². The van der Waals surface area contributed by atoms with Crippen molar-refractivity contribution in [3.8, 4) is 5.75 Å². The first-order valence-corrected chi connectivity index (χ1v) is 7.49. The van der Waals surface area contributed by atoms with Gasteiger partial charge in [-0.25, -0.2) is 0 Å². The molecule has 0 saturated carbocycles. The molecule has 1 aliphatic rings. The number of hydrogen-bond acceptors (Lipinski definition) is 4. The Bertz CT molecular complexity index is 459. The van der Waals surface area contributed by atoms with E-state index in [4.69, 9.17) is 4.74 Å². The standard InChI is InChI=1S/C16H25N3O2/c1-19(11-14-7-5-9-17-14)12-16(20)18-10-13-6-3-4-8-15(13)21-2/h3-4,6,8,14,17H,5,7,9-12H2,1-2H3,(H,18,20). The third-order valence-electron chi connectivity index (χ3n) is 3.78. The van der Waals surface area contributed by atoms with Crippen LogP contribution in [0.4, 0.5) is 0 Å². The Hall–Kier alpha value is -1.59. The summed E-state index contributed by atoms with van der Waals surface area (Å²) in [4.78, 5) is 14.1. The third-order valence-corrected chi connectivity index (χ3v) is 3.78. The molecular formula is C16H25N3O2. The zero-order valence-electron chi connectivity index (χ0n) is 12.9. The molecule has 116 valence electrons. The molecule has 1 heterocycles. The highest BCUT2D eigenvalue weighted by Gasteiger charge is 2.17. The Kier molecular flexibility index (Phi) is 6.02. The number of nitrogens with zero attached hydrogens (tertiary/aromatic N) is 1. The van der Waals surface area contributed by atoms with Crippen LogP contribution in [0.15, 0.2) is 24.3 Å². The smallest absolute Gasteiger partial charge is 0.234 e. The lowest BCUT2D eigenvalue weighted by Crippen LogP contribution is -2.41. The fourth-order valence-corrected chi connectivity index (χ4v) is 2.70. The first-order valence-electron chi connectivity index (χ1n) is 7.49. The lowest BCUT2D eigenvalue weighted by molar-refractivity contribution is -0.122. The van der Waals surface area contributed by atoms with Gasteiger partial charge < -0.3 is 15.4 Å². The van der Waals surface area contributed by atoms with E-state index in [1.54, 1.807) is 7.11 Å². The predicted octanol–water partition coefficient (Wildman–Crippen LogP) is 0.995. The molecule has 5 nitrogen and oxygen atoms in total. The average Bonchev–Trinajstić information content (AvgIpc) is 2.98. The molecule has 0 bridgehead atoms. The lowest BCUT2D eigenvalue weighted by atomic mass is 10.2. The van der Waals surface area contributed by atoms with Gasteiger partial charge in [-0.15, -0.1) is 0 Å². The summed E-state index contributed by atoms with van der Waals surface area (Å²) >= 11 is 0. The van der Waals surface area contributed by atoms with E-state index in [-0.39, 0.29) is 5.91 Å². The fraction of sp³-hybridized carbons (Fsp3) is 0.562. The molecule has 2 rings (SSSR count). The molecule has 1 aliphatic heterocycles. The van der Waals surface area contributed by atoms with Crippen molar-refractivity contribution in [2.24, 2.45) is 0 Å². The summed E-state index contributed by atoms with van der Waals surface area (Å²) in [6.07, 6.45) is 2.44. The van der Waals surface area contributed by atoms with Gasteiger partial charge in [-0.05, 0) is 32.5 Å². The van der Waals surface area contributed by atoms with Crippen LogP contribution in [0.3, 0.4) is 0 Å². The summed E-state index contributed by atoms with van der Waals surface area (Å²) in [7, 11) is 3.63. The van der Waals surface area contributed by atoms with E-state index in [9.17, 15) is 4.79 Å². The Morgan fingerprint density at radius 2 is 2.29 bits per heavy atom. The summed E-state index contributed by atoms with van der Waals surface area (Å²) in [5.74, 6) is 0.850. The molecule has 0 aromatic heterocycles. The van der Waals surface area contributed by atoms with E-state index in [1.165, 1.54) is 12.8 Å². The molecule has 1 aromatic rings. The second-order valence-electron chi connectivity index (χ2n) is 5.58. The molecule has 0 radical (unpaired) electrons.